The van der Waals surface area contributed by atoms with Gasteiger partial charge in [0.1, 0.15) is 5.82 Å². The van der Waals surface area contributed by atoms with Crippen molar-refractivity contribution in [3.8, 4) is 11.3 Å². The van der Waals surface area contributed by atoms with E-state index >= 15 is 0 Å². The SMILES string of the molecule is O=S(=O)(NC1CCCCC1)c1ccc(-c2n[nH]c3cc(F)ccc23)cc1. The maximum absolute atomic E-state index is 13.3. The van der Waals surface area contributed by atoms with Crippen molar-refractivity contribution in [1.82, 2.24) is 14.9 Å². The lowest BCUT2D eigenvalue weighted by Gasteiger charge is -2.22. The van der Waals surface area contributed by atoms with Gasteiger partial charge in [0.25, 0.3) is 0 Å². The molecule has 0 radical (unpaired) electrons. The fraction of sp³-hybridized carbons (Fsp3) is 0.316. The molecule has 1 aliphatic carbocycles. The highest BCUT2D eigenvalue weighted by molar-refractivity contribution is 7.89. The Morgan fingerprint density at radius 1 is 1.04 bits per heavy atom. The number of hydrogen-bond acceptors (Lipinski definition) is 3. The zero-order valence-electron chi connectivity index (χ0n) is 14.2. The topological polar surface area (TPSA) is 74.8 Å². The third-order valence-corrected chi connectivity index (χ3v) is 6.43. The van der Waals surface area contributed by atoms with Gasteiger partial charge < -0.3 is 0 Å². The fourth-order valence-corrected chi connectivity index (χ4v) is 4.82. The number of nitrogens with zero attached hydrogens (tertiary/aromatic N) is 1. The average Bonchev–Trinajstić information content (AvgIpc) is 3.05. The van der Waals surface area contributed by atoms with Crippen molar-refractivity contribution in [3.05, 3.63) is 48.3 Å². The van der Waals surface area contributed by atoms with Gasteiger partial charge in [0.15, 0.2) is 0 Å². The third-order valence-electron chi connectivity index (χ3n) is 4.89. The van der Waals surface area contributed by atoms with Crippen LogP contribution >= 0.6 is 0 Å². The molecule has 1 aromatic heterocycles. The molecular weight excluding hydrogens is 353 g/mol. The summed E-state index contributed by atoms with van der Waals surface area (Å²) >= 11 is 0. The van der Waals surface area contributed by atoms with E-state index in [0.717, 1.165) is 36.6 Å². The summed E-state index contributed by atoms with van der Waals surface area (Å²) in [5.74, 6) is -0.331. The van der Waals surface area contributed by atoms with Crippen LogP contribution in [0.3, 0.4) is 0 Å². The molecule has 0 spiro atoms. The number of rotatable bonds is 4. The molecule has 2 N–H and O–H groups in total. The second-order valence-electron chi connectivity index (χ2n) is 6.74. The molecule has 0 bridgehead atoms. The lowest BCUT2D eigenvalue weighted by molar-refractivity contribution is 0.412. The minimum Gasteiger partial charge on any atom is -0.277 e. The summed E-state index contributed by atoms with van der Waals surface area (Å²) in [5.41, 5.74) is 2.05. The number of H-pyrrole nitrogens is 1. The smallest absolute Gasteiger partial charge is 0.240 e. The molecule has 0 saturated heterocycles. The summed E-state index contributed by atoms with van der Waals surface area (Å²) in [4.78, 5) is 0.248. The largest absolute Gasteiger partial charge is 0.277 e. The van der Waals surface area contributed by atoms with Crippen molar-refractivity contribution in [2.24, 2.45) is 0 Å². The average molecular weight is 373 g/mol. The summed E-state index contributed by atoms with van der Waals surface area (Å²) in [7, 11) is -3.52. The van der Waals surface area contributed by atoms with Crippen LogP contribution in [0.4, 0.5) is 4.39 Å². The van der Waals surface area contributed by atoms with E-state index in [1.807, 2.05) is 0 Å². The van der Waals surface area contributed by atoms with E-state index in [-0.39, 0.29) is 16.8 Å². The third kappa shape index (κ3) is 3.37. The number of fused-ring (bicyclic) bond motifs is 1. The highest BCUT2D eigenvalue weighted by atomic mass is 32.2. The number of nitrogens with one attached hydrogen (secondary N) is 2. The predicted octanol–water partition coefficient (Wildman–Crippen LogP) is 3.98. The molecule has 0 atom stereocenters. The summed E-state index contributed by atoms with van der Waals surface area (Å²) in [5, 5.41) is 7.84. The molecule has 26 heavy (non-hydrogen) atoms. The predicted molar refractivity (Wildman–Crippen MR) is 98.7 cm³/mol. The van der Waals surface area contributed by atoms with Crippen LogP contribution < -0.4 is 4.72 Å². The monoisotopic (exact) mass is 373 g/mol. The Morgan fingerprint density at radius 3 is 2.50 bits per heavy atom. The van der Waals surface area contributed by atoms with E-state index in [4.69, 9.17) is 0 Å². The van der Waals surface area contributed by atoms with Crippen LogP contribution in [-0.2, 0) is 10.0 Å². The Labute approximate surface area is 151 Å². The first-order valence-corrected chi connectivity index (χ1v) is 10.3. The molecule has 4 rings (SSSR count). The molecule has 1 aliphatic rings. The molecule has 1 saturated carbocycles. The normalized spacial score (nSPS) is 16.2. The standard InChI is InChI=1S/C19H20FN3O2S/c20-14-8-11-17-18(12-14)21-22-19(17)13-6-9-16(10-7-13)26(24,25)23-15-4-2-1-3-5-15/h6-12,15,23H,1-5H2,(H,21,22). The second-order valence-corrected chi connectivity index (χ2v) is 8.46. The lowest BCUT2D eigenvalue weighted by Crippen LogP contribution is -2.36. The summed E-state index contributed by atoms with van der Waals surface area (Å²) in [6.07, 6.45) is 5.10. The maximum atomic E-state index is 13.3. The maximum Gasteiger partial charge on any atom is 0.240 e. The molecular formula is C19H20FN3O2S. The van der Waals surface area contributed by atoms with E-state index in [0.29, 0.717) is 11.2 Å². The van der Waals surface area contributed by atoms with Crippen LogP contribution in [0.1, 0.15) is 32.1 Å². The Hall–Kier alpha value is -2.25. The van der Waals surface area contributed by atoms with Gasteiger partial charge in [-0.3, -0.25) is 5.10 Å². The van der Waals surface area contributed by atoms with Crippen LogP contribution in [0.25, 0.3) is 22.2 Å². The number of sulfonamides is 1. The second kappa shape index (κ2) is 6.81. The van der Waals surface area contributed by atoms with Gasteiger partial charge in [-0.25, -0.2) is 17.5 Å². The minimum absolute atomic E-state index is 0.0265. The van der Waals surface area contributed by atoms with Crippen LogP contribution in [0, 0.1) is 5.82 Å². The van der Waals surface area contributed by atoms with Crippen molar-refractivity contribution >= 4 is 20.9 Å². The highest BCUT2D eigenvalue weighted by Crippen LogP contribution is 2.28. The molecule has 136 valence electrons. The van der Waals surface area contributed by atoms with Crippen LogP contribution in [0.15, 0.2) is 47.4 Å². The summed E-state index contributed by atoms with van der Waals surface area (Å²) in [6.45, 7) is 0. The minimum atomic E-state index is -3.52. The molecule has 0 unspecified atom stereocenters. The zero-order valence-corrected chi connectivity index (χ0v) is 15.0. The number of benzene rings is 2. The Kier molecular flexibility index (Phi) is 4.50. The van der Waals surface area contributed by atoms with Gasteiger partial charge in [-0.2, -0.15) is 5.10 Å². The van der Waals surface area contributed by atoms with Crippen molar-refractivity contribution in [2.45, 2.75) is 43.0 Å². The van der Waals surface area contributed by atoms with Gasteiger partial charge >= 0.3 is 0 Å². The van der Waals surface area contributed by atoms with Gasteiger partial charge in [0.2, 0.25) is 10.0 Å². The first-order chi connectivity index (χ1) is 12.5. The molecule has 3 aromatic rings. The zero-order chi connectivity index (χ0) is 18.1. The van der Waals surface area contributed by atoms with E-state index < -0.39 is 10.0 Å². The molecule has 2 aromatic carbocycles. The van der Waals surface area contributed by atoms with E-state index in [1.54, 1.807) is 30.3 Å². The summed E-state index contributed by atoms with van der Waals surface area (Å²) < 4.78 is 41.3. The number of aromatic nitrogens is 2. The lowest BCUT2D eigenvalue weighted by atomic mass is 9.96. The van der Waals surface area contributed by atoms with Crippen LogP contribution in [-0.4, -0.2) is 24.7 Å². The molecule has 0 amide bonds. The van der Waals surface area contributed by atoms with E-state index in [9.17, 15) is 12.8 Å². The van der Waals surface area contributed by atoms with Gasteiger partial charge in [0, 0.05) is 17.0 Å². The Bertz CT molecular complexity index is 1020. The van der Waals surface area contributed by atoms with E-state index in [1.165, 1.54) is 18.6 Å². The van der Waals surface area contributed by atoms with Crippen molar-refractivity contribution < 1.29 is 12.8 Å². The van der Waals surface area contributed by atoms with Crippen molar-refractivity contribution in [3.63, 3.8) is 0 Å². The molecule has 0 aliphatic heterocycles. The number of hydrogen-bond donors (Lipinski definition) is 2. The molecule has 1 fully saturated rings. The van der Waals surface area contributed by atoms with E-state index in [2.05, 4.69) is 14.9 Å². The number of aromatic amines is 1. The summed E-state index contributed by atoms with van der Waals surface area (Å²) in [6, 6.07) is 11.1. The number of halogens is 1. The Balaban J connectivity index is 1.59. The van der Waals surface area contributed by atoms with Crippen LogP contribution in [0.5, 0.6) is 0 Å². The molecule has 1 heterocycles. The molecule has 5 nitrogen and oxygen atoms in total. The highest BCUT2D eigenvalue weighted by Gasteiger charge is 2.22. The fourth-order valence-electron chi connectivity index (χ4n) is 3.51. The Morgan fingerprint density at radius 2 is 1.77 bits per heavy atom. The van der Waals surface area contributed by atoms with Gasteiger partial charge in [-0.05, 0) is 43.2 Å². The quantitative estimate of drug-likeness (QED) is 0.726. The van der Waals surface area contributed by atoms with Crippen LogP contribution in [0.2, 0.25) is 0 Å². The molecule has 7 heteroatoms. The first kappa shape index (κ1) is 17.2. The first-order valence-electron chi connectivity index (χ1n) is 8.79. The van der Waals surface area contributed by atoms with Gasteiger partial charge in [-0.1, -0.05) is 31.4 Å². The van der Waals surface area contributed by atoms with Gasteiger partial charge in [0.05, 0.1) is 16.1 Å². The van der Waals surface area contributed by atoms with Gasteiger partial charge in [-0.15, -0.1) is 0 Å². The van der Waals surface area contributed by atoms with Crippen molar-refractivity contribution in [1.29, 1.82) is 0 Å². The van der Waals surface area contributed by atoms with Crippen molar-refractivity contribution in [2.75, 3.05) is 0 Å².